The number of hydrogen-bond acceptors (Lipinski definition) is 10. The maximum Gasteiger partial charge on any atom is 0.358 e. The molecule has 0 fully saturated rings. The van der Waals surface area contributed by atoms with Crippen LogP contribution < -0.4 is 5.73 Å². The number of esters is 1. The summed E-state index contributed by atoms with van der Waals surface area (Å²) >= 11 is 0. The van der Waals surface area contributed by atoms with Crippen LogP contribution >= 0.6 is 7.60 Å². The number of aromatic nitrogens is 4. The molecule has 12 heteroatoms. The highest BCUT2D eigenvalue weighted by atomic mass is 31.2. The van der Waals surface area contributed by atoms with Gasteiger partial charge in [0.2, 0.25) is 6.79 Å². The lowest BCUT2D eigenvalue weighted by atomic mass is 9.98. The fourth-order valence-electron chi connectivity index (χ4n) is 2.10. The van der Waals surface area contributed by atoms with Crippen LogP contribution in [-0.4, -0.2) is 51.8 Å². The Morgan fingerprint density at radius 1 is 1.27 bits per heavy atom. The van der Waals surface area contributed by atoms with E-state index in [9.17, 15) is 9.36 Å². The molecule has 0 radical (unpaired) electrons. The van der Waals surface area contributed by atoms with E-state index in [1.807, 2.05) is 13.8 Å². The van der Waals surface area contributed by atoms with E-state index in [4.69, 9.17) is 24.3 Å². The van der Waals surface area contributed by atoms with Crippen molar-refractivity contribution in [1.82, 2.24) is 19.5 Å². The van der Waals surface area contributed by atoms with E-state index in [-0.39, 0.29) is 12.5 Å². The highest BCUT2D eigenvalue weighted by Crippen LogP contribution is 2.47. The van der Waals surface area contributed by atoms with Crippen LogP contribution in [-0.2, 0) is 34.4 Å². The van der Waals surface area contributed by atoms with E-state index >= 15 is 0 Å². The number of ether oxygens (including phenoxy) is 2. The molecule has 30 heavy (non-hydrogen) atoms. The van der Waals surface area contributed by atoms with Gasteiger partial charge in [0.1, 0.15) is 18.2 Å². The number of carbonyl (C=O) groups is 1. The standard InChI is InChI=1S/C16H26N5O6P.C2H6/c1-11(6-21-8-20-12-13(17)18-7-19-14(12)21)26-10-28(23,24-5)27-9-25-15(22)16(2,3)4;1-2/h7-8,11H,6,9-10H2,1-5H3,(H2,17,18,19);1-2H3. The molecule has 0 bridgehead atoms. The van der Waals surface area contributed by atoms with Crippen molar-refractivity contribution in [3.8, 4) is 0 Å². The number of anilines is 1. The van der Waals surface area contributed by atoms with Crippen LogP contribution in [0.5, 0.6) is 0 Å². The van der Waals surface area contributed by atoms with E-state index in [1.54, 1.807) is 38.6 Å². The smallest absolute Gasteiger partial charge is 0.358 e. The molecule has 0 amide bonds. The molecule has 170 valence electrons. The fraction of sp³-hybridized carbons (Fsp3) is 0.667. The Labute approximate surface area is 176 Å². The van der Waals surface area contributed by atoms with Gasteiger partial charge in [-0.3, -0.25) is 13.9 Å². The number of fused-ring (bicyclic) bond motifs is 1. The van der Waals surface area contributed by atoms with Gasteiger partial charge in [0.15, 0.2) is 11.5 Å². The third-order valence-electron chi connectivity index (χ3n) is 3.73. The average molecular weight is 445 g/mol. The molecular weight excluding hydrogens is 413 g/mol. The molecule has 2 N–H and O–H groups in total. The summed E-state index contributed by atoms with van der Waals surface area (Å²) in [4.78, 5) is 23.9. The number of nitrogens with zero attached hydrogens (tertiary/aromatic N) is 4. The van der Waals surface area contributed by atoms with Gasteiger partial charge in [-0.1, -0.05) is 13.8 Å². The Balaban J connectivity index is 0.00000218. The number of imidazole rings is 1. The van der Waals surface area contributed by atoms with Crippen molar-refractivity contribution < 1.29 is 27.9 Å². The van der Waals surface area contributed by atoms with Gasteiger partial charge in [-0.25, -0.2) is 15.0 Å². The van der Waals surface area contributed by atoms with Crippen molar-refractivity contribution in [3.05, 3.63) is 12.7 Å². The van der Waals surface area contributed by atoms with Crippen molar-refractivity contribution >= 4 is 30.5 Å². The molecule has 0 aliphatic carbocycles. The maximum absolute atomic E-state index is 12.6. The van der Waals surface area contributed by atoms with Crippen molar-refractivity contribution in [2.45, 2.75) is 54.2 Å². The Kier molecular flexibility index (Phi) is 9.83. The largest absolute Gasteiger partial charge is 0.438 e. The molecule has 0 aliphatic heterocycles. The first-order valence-electron chi connectivity index (χ1n) is 9.55. The monoisotopic (exact) mass is 445 g/mol. The maximum atomic E-state index is 12.6. The van der Waals surface area contributed by atoms with E-state index in [1.165, 1.54) is 13.4 Å². The lowest BCUT2D eigenvalue weighted by Gasteiger charge is -2.21. The predicted molar refractivity (Wildman–Crippen MR) is 113 cm³/mol. The van der Waals surface area contributed by atoms with E-state index in [0.29, 0.717) is 23.5 Å². The first-order valence-corrected chi connectivity index (χ1v) is 11.3. The Hall–Kier alpha value is -2.07. The molecule has 2 atom stereocenters. The topological polar surface area (TPSA) is 141 Å². The Bertz CT molecular complexity index is 866. The van der Waals surface area contributed by atoms with Crippen LogP contribution in [0.15, 0.2) is 12.7 Å². The zero-order valence-corrected chi connectivity index (χ0v) is 19.5. The molecule has 0 aromatic carbocycles. The number of nitrogen functional groups attached to an aromatic ring is 1. The minimum atomic E-state index is -3.58. The van der Waals surface area contributed by atoms with Gasteiger partial charge in [-0.15, -0.1) is 0 Å². The molecule has 2 aromatic heterocycles. The summed E-state index contributed by atoms with van der Waals surface area (Å²) in [7, 11) is -2.34. The van der Waals surface area contributed by atoms with Crippen molar-refractivity contribution in [1.29, 1.82) is 0 Å². The van der Waals surface area contributed by atoms with Crippen molar-refractivity contribution in [2.24, 2.45) is 5.41 Å². The summed E-state index contributed by atoms with van der Waals surface area (Å²) in [5, 5.41) is 0. The van der Waals surface area contributed by atoms with E-state index in [0.717, 1.165) is 0 Å². The second-order valence-corrected chi connectivity index (χ2v) is 9.26. The lowest BCUT2D eigenvalue weighted by molar-refractivity contribution is -0.160. The molecule has 2 rings (SSSR count). The summed E-state index contributed by atoms with van der Waals surface area (Å²) in [6.07, 6.45) is 2.26. The summed E-state index contributed by atoms with van der Waals surface area (Å²) < 4.78 is 34.9. The lowest BCUT2D eigenvalue weighted by Crippen LogP contribution is -2.24. The molecule has 0 spiro atoms. The molecule has 0 saturated carbocycles. The van der Waals surface area contributed by atoms with Crippen LogP contribution in [0, 0.1) is 5.41 Å². The molecular formula is C18H32N5O6P. The SMILES string of the molecule is CC.COP(=O)(COC(C)Cn1cnc2c(N)ncnc21)OCOC(=O)C(C)(C)C. The molecule has 11 nitrogen and oxygen atoms in total. The van der Waals surface area contributed by atoms with Crippen LogP contribution in [0.1, 0.15) is 41.5 Å². The normalized spacial score (nSPS) is 14.5. The van der Waals surface area contributed by atoms with E-state index in [2.05, 4.69) is 15.0 Å². The molecule has 2 heterocycles. The average Bonchev–Trinajstić information content (AvgIpc) is 3.11. The Morgan fingerprint density at radius 2 is 1.93 bits per heavy atom. The molecule has 0 saturated heterocycles. The van der Waals surface area contributed by atoms with Gasteiger partial charge in [0.05, 0.1) is 24.4 Å². The summed E-state index contributed by atoms with van der Waals surface area (Å²) in [5.41, 5.74) is 6.15. The minimum absolute atomic E-state index is 0.291. The van der Waals surface area contributed by atoms with Gasteiger partial charge in [-0.05, 0) is 27.7 Å². The van der Waals surface area contributed by atoms with Gasteiger partial charge in [-0.2, -0.15) is 0 Å². The Morgan fingerprint density at radius 3 is 2.53 bits per heavy atom. The third-order valence-corrected chi connectivity index (χ3v) is 5.25. The zero-order chi connectivity index (χ0) is 22.9. The molecule has 0 aliphatic rings. The highest BCUT2D eigenvalue weighted by Gasteiger charge is 2.28. The third kappa shape index (κ3) is 7.32. The van der Waals surface area contributed by atoms with Crippen LogP contribution in [0.4, 0.5) is 5.82 Å². The first kappa shape index (κ1) is 26.0. The summed E-state index contributed by atoms with van der Waals surface area (Å²) in [6.45, 7) is 10.8. The second kappa shape index (κ2) is 11.4. The van der Waals surface area contributed by atoms with E-state index < -0.39 is 25.8 Å². The fourth-order valence-corrected chi connectivity index (χ4v) is 3.04. The predicted octanol–water partition coefficient (Wildman–Crippen LogP) is 3.20. The van der Waals surface area contributed by atoms with Gasteiger partial charge in [0.25, 0.3) is 0 Å². The quantitative estimate of drug-likeness (QED) is 0.347. The van der Waals surface area contributed by atoms with Gasteiger partial charge in [0, 0.05) is 7.11 Å². The van der Waals surface area contributed by atoms with Gasteiger partial charge < -0.3 is 24.3 Å². The number of rotatable bonds is 9. The minimum Gasteiger partial charge on any atom is -0.438 e. The number of carbonyl (C=O) groups excluding carboxylic acids is 1. The van der Waals surface area contributed by atoms with Gasteiger partial charge >= 0.3 is 13.6 Å². The van der Waals surface area contributed by atoms with Crippen molar-refractivity contribution in [3.63, 3.8) is 0 Å². The highest BCUT2D eigenvalue weighted by molar-refractivity contribution is 7.53. The van der Waals surface area contributed by atoms with Crippen molar-refractivity contribution in [2.75, 3.05) is 26.0 Å². The van der Waals surface area contributed by atoms with Crippen LogP contribution in [0.3, 0.4) is 0 Å². The van der Waals surface area contributed by atoms with Crippen LogP contribution in [0.2, 0.25) is 0 Å². The first-order chi connectivity index (χ1) is 14.1. The van der Waals surface area contributed by atoms with Crippen LogP contribution in [0.25, 0.3) is 11.2 Å². The number of nitrogens with two attached hydrogens (primary N) is 1. The second-order valence-electron chi connectivity index (χ2n) is 7.16. The molecule has 2 aromatic rings. The summed E-state index contributed by atoms with van der Waals surface area (Å²) in [5.74, 6) is -0.183. The summed E-state index contributed by atoms with van der Waals surface area (Å²) in [6, 6.07) is 0. The number of hydrogen-bond donors (Lipinski definition) is 1. The molecule has 2 unspecified atom stereocenters. The zero-order valence-electron chi connectivity index (χ0n) is 18.6.